The Kier molecular flexibility index (Phi) is 7.76. The van der Waals surface area contributed by atoms with Crippen molar-refractivity contribution in [3.8, 4) is 11.5 Å². The van der Waals surface area contributed by atoms with Crippen LogP contribution in [0.5, 0.6) is 11.5 Å². The Morgan fingerprint density at radius 3 is 2.72 bits per heavy atom. The topological polar surface area (TPSA) is 68.2 Å². The zero-order valence-electron chi connectivity index (χ0n) is 16.9. The molecular weight excluding hydrogens is 370 g/mol. The molecule has 1 aliphatic rings. The number of carboxylic acid groups (broad SMARTS) is 1. The summed E-state index contributed by atoms with van der Waals surface area (Å²) in [4.78, 5) is 13.6. The molecule has 1 heterocycles. The molecule has 156 valence electrons. The predicted octanol–water partition coefficient (Wildman–Crippen LogP) is 3.78. The molecule has 0 aromatic heterocycles. The average Bonchev–Trinajstić information content (AvgIpc) is 2.74. The predicted molar refractivity (Wildman–Crippen MR) is 112 cm³/mol. The van der Waals surface area contributed by atoms with Gasteiger partial charge >= 0.3 is 5.97 Å². The second-order valence-corrected chi connectivity index (χ2v) is 7.05. The number of rotatable bonds is 11. The highest BCUT2D eigenvalue weighted by Crippen LogP contribution is 2.30. The normalized spacial score (nSPS) is 14.0. The molecule has 0 aliphatic carbocycles. The third-order valence-corrected chi connectivity index (χ3v) is 4.89. The van der Waals surface area contributed by atoms with Crippen molar-refractivity contribution < 1.29 is 24.1 Å². The van der Waals surface area contributed by atoms with Crippen molar-refractivity contribution in [2.24, 2.45) is 0 Å². The number of hydrogen-bond acceptors (Lipinski definition) is 5. The molecule has 29 heavy (non-hydrogen) atoms. The number of fused-ring (bicyclic) bond motifs is 1. The first kappa shape index (κ1) is 21.0. The summed E-state index contributed by atoms with van der Waals surface area (Å²) >= 11 is 0. The summed E-state index contributed by atoms with van der Waals surface area (Å²) in [5, 5.41) is 9.33. The summed E-state index contributed by atoms with van der Waals surface area (Å²) in [6.07, 6.45) is 1.39. The lowest BCUT2D eigenvalue weighted by Gasteiger charge is -2.31. The first-order valence-corrected chi connectivity index (χ1v) is 10.2. The minimum atomic E-state index is -0.924. The monoisotopic (exact) mass is 399 g/mol. The van der Waals surface area contributed by atoms with Gasteiger partial charge in [-0.05, 0) is 36.2 Å². The number of carbonyl (C=O) groups is 1. The third kappa shape index (κ3) is 6.12. The zero-order valence-corrected chi connectivity index (χ0v) is 16.9. The highest BCUT2D eigenvalue weighted by atomic mass is 16.5. The fraction of sp³-hybridized carbons (Fsp3) is 0.435. The molecule has 2 aromatic rings. The Balaban J connectivity index is 1.48. The van der Waals surface area contributed by atoms with Crippen LogP contribution < -0.4 is 14.4 Å². The molecular formula is C23H29NO5. The van der Waals surface area contributed by atoms with Crippen LogP contribution in [0.1, 0.15) is 25.3 Å². The standard InChI is InChI=1S/C23H29NO5/c1-2-3-14-28-22(23(25)26)17-18-8-10-19(11-9-18)27-15-12-24-13-16-29-21-7-5-4-6-20(21)24/h4-11,22H,2-3,12-17H2,1H3,(H,25,26)/t22-/m0/s1. The lowest BCUT2D eigenvalue weighted by atomic mass is 10.1. The molecule has 3 rings (SSSR count). The molecule has 0 bridgehead atoms. The smallest absolute Gasteiger partial charge is 0.333 e. The molecule has 1 N–H and O–H groups in total. The van der Waals surface area contributed by atoms with Gasteiger partial charge in [-0.25, -0.2) is 4.79 Å². The van der Waals surface area contributed by atoms with E-state index in [1.807, 2.05) is 42.5 Å². The molecule has 0 unspecified atom stereocenters. The first-order valence-electron chi connectivity index (χ1n) is 10.2. The molecule has 0 spiro atoms. The van der Waals surface area contributed by atoms with Crippen LogP contribution >= 0.6 is 0 Å². The van der Waals surface area contributed by atoms with E-state index in [1.54, 1.807) is 0 Å². The van der Waals surface area contributed by atoms with E-state index in [-0.39, 0.29) is 0 Å². The molecule has 0 saturated carbocycles. The van der Waals surface area contributed by atoms with Crippen LogP contribution in [-0.4, -0.2) is 50.1 Å². The van der Waals surface area contributed by atoms with E-state index in [1.165, 1.54) is 0 Å². The maximum Gasteiger partial charge on any atom is 0.333 e. The number of benzene rings is 2. The van der Waals surface area contributed by atoms with Crippen LogP contribution in [0.4, 0.5) is 5.69 Å². The van der Waals surface area contributed by atoms with E-state index in [9.17, 15) is 9.90 Å². The van der Waals surface area contributed by atoms with E-state index in [0.29, 0.717) is 26.2 Å². The Labute approximate surface area is 172 Å². The van der Waals surface area contributed by atoms with Crippen LogP contribution in [0.25, 0.3) is 0 Å². The van der Waals surface area contributed by atoms with Crippen LogP contribution in [0, 0.1) is 0 Å². The van der Waals surface area contributed by atoms with E-state index >= 15 is 0 Å². The van der Waals surface area contributed by atoms with Gasteiger partial charge in [0.15, 0.2) is 6.10 Å². The van der Waals surface area contributed by atoms with Crippen LogP contribution in [-0.2, 0) is 16.0 Å². The Morgan fingerprint density at radius 2 is 1.97 bits per heavy atom. The summed E-state index contributed by atoms with van der Waals surface area (Å²) in [7, 11) is 0. The molecule has 1 atom stereocenters. The van der Waals surface area contributed by atoms with Gasteiger partial charge in [0.05, 0.1) is 18.8 Å². The van der Waals surface area contributed by atoms with Gasteiger partial charge in [0, 0.05) is 13.0 Å². The molecule has 2 aromatic carbocycles. The third-order valence-electron chi connectivity index (χ3n) is 4.89. The number of ether oxygens (including phenoxy) is 3. The molecule has 0 fully saturated rings. The Morgan fingerprint density at radius 1 is 1.17 bits per heavy atom. The summed E-state index contributed by atoms with van der Waals surface area (Å²) in [5.74, 6) is 0.763. The van der Waals surface area contributed by atoms with Gasteiger partial charge in [-0.3, -0.25) is 0 Å². The minimum absolute atomic E-state index is 0.351. The van der Waals surface area contributed by atoms with Gasteiger partial charge in [-0.2, -0.15) is 0 Å². The lowest BCUT2D eigenvalue weighted by molar-refractivity contribution is -0.150. The van der Waals surface area contributed by atoms with E-state index < -0.39 is 12.1 Å². The van der Waals surface area contributed by atoms with Gasteiger partial charge in [0.1, 0.15) is 24.7 Å². The van der Waals surface area contributed by atoms with E-state index in [0.717, 1.165) is 48.7 Å². The number of carboxylic acids is 1. The van der Waals surface area contributed by atoms with Gasteiger partial charge in [0.25, 0.3) is 0 Å². The van der Waals surface area contributed by atoms with Gasteiger partial charge in [-0.15, -0.1) is 0 Å². The second-order valence-electron chi connectivity index (χ2n) is 7.05. The molecule has 1 aliphatic heterocycles. The number of aliphatic carboxylic acids is 1. The number of hydrogen-bond donors (Lipinski definition) is 1. The highest BCUT2D eigenvalue weighted by Gasteiger charge is 2.19. The van der Waals surface area contributed by atoms with Crippen LogP contribution in [0.15, 0.2) is 48.5 Å². The highest BCUT2D eigenvalue weighted by molar-refractivity contribution is 5.72. The Hall–Kier alpha value is -2.73. The van der Waals surface area contributed by atoms with Crippen molar-refractivity contribution in [3.63, 3.8) is 0 Å². The molecule has 0 radical (unpaired) electrons. The van der Waals surface area contributed by atoms with E-state index in [4.69, 9.17) is 14.2 Å². The van der Waals surface area contributed by atoms with Gasteiger partial charge in [-0.1, -0.05) is 37.6 Å². The number of nitrogens with zero attached hydrogens (tertiary/aromatic N) is 1. The lowest BCUT2D eigenvalue weighted by Crippen LogP contribution is -2.35. The first-order chi connectivity index (χ1) is 14.2. The van der Waals surface area contributed by atoms with Crippen molar-refractivity contribution in [1.29, 1.82) is 0 Å². The fourth-order valence-corrected chi connectivity index (χ4v) is 3.26. The largest absolute Gasteiger partial charge is 0.492 e. The summed E-state index contributed by atoms with van der Waals surface area (Å²) < 4.78 is 17.0. The van der Waals surface area contributed by atoms with Crippen molar-refractivity contribution in [2.75, 3.05) is 37.8 Å². The molecule has 6 nitrogen and oxygen atoms in total. The fourth-order valence-electron chi connectivity index (χ4n) is 3.26. The van der Waals surface area contributed by atoms with Gasteiger partial charge < -0.3 is 24.2 Å². The Bertz CT molecular complexity index is 777. The SMILES string of the molecule is CCCCO[C@@H](Cc1ccc(OCCN2CCOc3ccccc32)cc1)C(=O)O. The van der Waals surface area contributed by atoms with E-state index in [2.05, 4.69) is 17.9 Å². The second kappa shape index (κ2) is 10.7. The summed E-state index contributed by atoms with van der Waals surface area (Å²) in [6.45, 7) is 5.37. The van der Waals surface area contributed by atoms with Crippen molar-refractivity contribution >= 4 is 11.7 Å². The average molecular weight is 399 g/mol. The van der Waals surface area contributed by atoms with Crippen molar-refractivity contribution in [1.82, 2.24) is 0 Å². The van der Waals surface area contributed by atoms with Crippen LogP contribution in [0.3, 0.4) is 0 Å². The minimum Gasteiger partial charge on any atom is -0.492 e. The number of anilines is 1. The zero-order chi connectivity index (χ0) is 20.5. The van der Waals surface area contributed by atoms with Crippen molar-refractivity contribution in [3.05, 3.63) is 54.1 Å². The van der Waals surface area contributed by atoms with Gasteiger partial charge in [0.2, 0.25) is 0 Å². The molecule has 0 amide bonds. The number of unbranched alkanes of at least 4 members (excludes halogenated alkanes) is 1. The molecule has 6 heteroatoms. The number of para-hydroxylation sites is 2. The summed E-state index contributed by atoms with van der Waals surface area (Å²) in [5.41, 5.74) is 2.02. The van der Waals surface area contributed by atoms with Crippen LogP contribution in [0.2, 0.25) is 0 Å². The maximum absolute atomic E-state index is 11.4. The molecule has 0 saturated heterocycles. The summed E-state index contributed by atoms with van der Waals surface area (Å²) in [6, 6.07) is 15.6. The quantitative estimate of drug-likeness (QED) is 0.580. The maximum atomic E-state index is 11.4. The van der Waals surface area contributed by atoms with Crippen molar-refractivity contribution in [2.45, 2.75) is 32.3 Å².